The van der Waals surface area contributed by atoms with Crippen LogP contribution in [0.25, 0.3) is 22.2 Å². The van der Waals surface area contributed by atoms with Crippen molar-refractivity contribution < 1.29 is 9.84 Å². The molecule has 0 bridgehead atoms. The molecular formula is C26H35NO2. The van der Waals surface area contributed by atoms with Gasteiger partial charge in [-0.05, 0) is 70.2 Å². The van der Waals surface area contributed by atoms with Gasteiger partial charge in [0.05, 0.1) is 11.1 Å². The highest BCUT2D eigenvalue weighted by Gasteiger charge is 2.37. The van der Waals surface area contributed by atoms with Crippen LogP contribution in [0.5, 0.6) is 5.75 Å². The molecule has 0 unspecified atom stereocenters. The number of hydrogen-bond donors (Lipinski definition) is 1. The van der Waals surface area contributed by atoms with Gasteiger partial charge in [0.15, 0.2) is 0 Å². The monoisotopic (exact) mass is 393 g/mol. The predicted octanol–water partition coefficient (Wildman–Crippen LogP) is 6.67. The van der Waals surface area contributed by atoms with Crippen molar-refractivity contribution in [3.05, 3.63) is 54.6 Å². The van der Waals surface area contributed by atoms with E-state index in [-0.39, 0.29) is 0 Å². The maximum atomic E-state index is 10.5. The van der Waals surface area contributed by atoms with Gasteiger partial charge in [0, 0.05) is 23.7 Å². The van der Waals surface area contributed by atoms with Crippen LogP contribution in [0.15, 0.2) is 54.6 Å². The number of hydrogen-bond acceptors (Lipinski definition) is 2. The molecule has 1 heterocycles. The molecule has 3 aromatic rings. The molecule has 0 fully saturated rings. The Labute approximate surface area is 175 Å². The smallest absolute Gasteiger partial charge is 0.131 e. The van der Waals surface area contributed by atoms with Gasteiger partial charge in [-0.2, -0.15) is 0 Å². The number of aromatic nitrogens is 1. The van der Waals surface area contributed by atoms with E-state index in [0.717, 1.165) is 18.7 Å². The summed E-state index contributed by atoms with van der Waals surface area (Å²) < 4.78 is 8.64. The molecule has 0 saturated carbocycles. The van der Waals surface area contributed by atoms with Gasteiger partial charge in [0.1, 0.15) is 11.4 Å². The van der Waals surface area contributed by atoms with Gasteiger partial charge < -0.3 is 14.4 Å². The zero-order valence-electron chi connectivity index (χ0n) is 18.7. The first-order chi connectivity index (χ1) is 13.6. The Morgan fingerprint density at radius 2 is 1.66 bits per heavy atom. The molecular weight excluding hydrogens is 358 g/mol. The van der Waals surface area contributed by atoms with E-state index in [1.165, 1.54) is 28.6 Å². The van der Waals surface area contributed by atoms with E-state index in [0.29, 0.717) is 5.92 Å². The van der Waals surface area contributed by atoms with Gasteiger partial charge in [-0.3, -0.25) is 0 Å². The van der Waals surface area contributed by atoms with Crippen molar-refractivity contribution in [2.45, 2.75) is 72.1 Å². The van der Waals surface area contributed by atoms with Crippen LogP contribution < -0.4 is 4.74 Å². The van der Waals surface area contributed by atoms with Gasteiger partial charge >= 0.3 is 0 Å². The number of aliphatic hydroxyl groups is 1. The molecule has 0 atom stereocenters. The second-order valence-corrected chi connectivity index (χ2v) is 9.48. The van der Waals surface area contributed by atoms with Gasteiger partial charge in [0.2, 0.25) is 0 Å². The molecule has 3 heteroatoms. The van der Waals surface area contributed by atoms with E-state index in [1.54, 1.807) is 13.8 Å². The molecule has 3 nitrogen and oxygen atoms in total. The fraction of sp³-hybridized carbons (Fsp3) is 0.462. The van der Waals surface area contributed by atoms with Crippen molar-refractivity contribution in [2.75, 3.05) is 0 Å². The van der Waals surface area contributed by atoms with Crippen molar-refractivity contribution in [3.8, 4) is 17.0 Å². The Hall–Kier alpha value is -2.26. The second kappa shape index (κ2) is 8.23. The van der Waals surface area contributed by atoms with Crippen molar-refractivity contribution in [3.63, 3.8) is 0 Å². The molecule has 3 rings (SSSR count). The number of benzene rings is 2. The summed E-state index contributed by atoms with van der Waals surface area (Å²) in [5, 5.41) is 11.7. The van der Waals surface area contributed by atoms with Crippen LogP contribution in [0.1, 0.15) is 54.4 Å². The molecule has 1 N–H and O–H groups in total. The van der Waals surface area contributed by atoms with Crippen LogP contribution in [-0.2, 0) is 6.54 Å². The normalized spacial score (nSPS) is 12.7. The minimum absolute atomic E-state index is 0.696. The fourth-order valence-corrected chi connectivity index (χ4v) is 3.46. The highest BCUT2D eigenvalue weighted by Crippen LogP contribution is 2.34. The molecule has 1 aromatic heterocycles. The number of ether oxygens (including phenoxy) is 1. The van der Waals surface area contributed by atoms with Crippen molar-refractivity contribution >= 4 is 10.9 Å². The number of rotatable bonds is 8. The second-order valence-electron chi connectivity index (χ2n) is 9.48. The molecule has 0 saturated heterocycles. The van der Waals surface area contributed by atoms with Gasteiger partial charge in [-0.25, -0.2) is 0 Å². The summed E-state index contributed by atoms with van der Waals surface area (Å²) in [6.45, 7) is 12.9. The summed E-state index contributed by atoms with van der Waals surface area (Å²) in [5.74, 6) is 1.48. The topological polar surface area (TPSA) is 34.4 Å². The van der Waals surface area contributed by atoms with E-state index in [1.807, 2.05) is 19.9 Å². The van der Waals surface area contributed by atoms with Crippen LogP contribution >= 0.6 is 0 Å². The zero-order valence-corrected chi connectivity index (χ0v) is 18.7. The van der Waals surface area contributed by atoms with Crippen LogP contribution in [0.2, 0.25) is 0 Å². The van der Waals surface area contributed by atoms with E-state index in [2.05, 4.69) is 66.9 Å². The first-order valence-electron chi connectivity index (χ1n) is 10.7. The van der Waals surface area contributed by atoms with E-state index in [4.69, 9.17) is 4.74 Å². The van der Waals surface area contributed by atoms with Crippen LogP contribution in [0.3, 0.4) is 0 Å². The molecule has 0 aliphatic carbocycles. The van der Waals surface area contributed by atoms with E-state index >= 15 is 0 Å². The van der Waals surface area contributed by atoms with Crippen molar-refractivity contribution in [2.24, 2.45) is 5.92 Å². The molecule has 0 radical (unpaired) electrons. The summed E-state index contributed by atoms with van der Waals surface area (Å²) in [6.07, 6.45) is 2.34. The average Bonchev–Trinajstić information content (AvgIpc) is 2.99. The Kier molecular flexibility index (Phi) is 6.09. The standard InChI is InChI=1S/C26H35NO2/c1-19(2)11-10-16-27-23(20-12-8-7-9-13-20)17-21-14-15-22(18-24(21)27)29-26(5,6)25(3,4)28/h7-9,12-15,17-19,28H,10-11,16H2,1-6H3. The van der Waals surface area contributed by atoms with Gasteiger partial charge in [-0.15, -0.1) is 0 Å². The maximum absolute atomic E-state index is 10.5. The third-order valence-electron chi connectivity index (χ3n) is 5.95. The SMILES string of the molecule is CC(C)CCCn1c(-c2ccccc2)cc2ccc(OC(C)(C)C(C)(C)O)cc21. The first kappa shape index (κ1) is 21.4. The quantitative estimate of drug-likeness (QED) is 0.463. The van der Waals surface area contributed by atoms with Crippen LogP contribution in [-0.4, -0.2) is 20.9 Å². The maximum Gasteiger partial charge on any atom is 0.131 e. The summed E-state index contributed by atoms with van der Waals surface area (Å²) in [4.78, 5) is 0. The third-order valence-corrected chi connectivity index (χ3v) is 5.95. The lowest BCUT2D eigenvalue weighted by atomic mass is 9.89. The fourth-order valence-electron chi connectivity index (χ4n) is 3.46. The van der Waals surface area contributed by atoms with Crippen molar-refractivity contribution in [1.82, 2.24) is 4.57 Å². The van der Waals surface area contributed by atoms with E-state index < -0.39 is 11.2 Å². The Morgan fingerprint density at radius 1 is 0.966 bits per heavy atom. The molecule has 29 heavy (non-hydrogen) atoms. The number of aryl methyl sites for hydroxylation is 1. The molecule has 156 valence electrons. The highest BCUT2D eigenvalue weighted by atomic mass is 16.5. The van der Waals surface area contributed by atoms with Gasteiger partial charge in [0.25, 0.3) is 0 Å². The summed E-state index contributed by atoms with van der Waals surface area (Å²) in [7, 11) is 0. The first-order valence-corrected chi connectivity index (χ1v) is 10.7. The molecule has 0 aliphatic heterocycles. The average molecular weight is 394 g/mol. The third kappa shape index (κ3) is 4.84. The van der Waals surface area contributed by atoms with E-state index in [9.17, 15) is 5.11 Å². The lowest BCUT2D eigenvalue weighted by Gasteiger charge is -2.37. The summed E-state index contributed by atoms with van der Waals surface area (Å²) in [5.41, 5.74) is 2.00. The highest BCUT2D eigenvalue weighted by molar-refractivity contribution is 5.88. The lowest BCUT2D eigenvalue weighted by molar-refractivity contribution is -0.0906. The van der Waals surface area contributed by atoms with Crippen LogP contribution in [0.4, 0.5) is 0 Å². The summed E-state index contributed by atoms with van der Waals surface area (Å²) in [6, 6.07) is 19.1. The summed E-state index contributed by atoms with van der Waals surface area (Å²) >= 11 is 0. The largest absolute Gasteiger partial charge is 0.485 e. The molecule has 2 aromatic carbocycles. The minimum atomic E-state index is -0.948. The van der Waals surface area contributed by atoms with Crippen LogP contribution in [0, 0.1) is 5.92 Å². The molecule has 0 spiro atoms. The molecule has 0 amide bonds. The molecule has 0 aliphatic rings. The number of nitrogens with zero attached hydrogens (tertiary/aromatic N) is 1. The predicted molar refractivity (Wildman–Crippen MR) is 122 cm³/mol. The Balaban J connectivity index is 2.03. The minimum Gasteiger partial charge on any atom is -0.485 e. The lowest BCUT2D eigenvalue weighted by Crippen LogP contribution is -2.49. The Morgan fingerprint density at radius 3 is 2.28 bits per heavy atom. The zero-order chi connectivity index (χ0) is 21.2. The Bertz CT molecular complexity index is 946. The number of fused-ring (bicyclic) bond motifs is 1. The van der Waals surface area contributed by atoms with Crippen molar-refractivity contribution in [1.29, 1.82) is 0 Å². The van der Waals surface area contributed by atoms with Gasteiger partial charge in [-0.1, -0.05) is 44.2 Å².